The number of nitrogens with zero attached hydrogens (tertiary/aromatic N) is 1. The Kier molecular flexibility index (Phi) is 3.22. The molecule has 1 rings (SSSR count). The zero-order valence-electron chi connectivity index (χ0n) is 5.92. The number of carboxylic acids is 1. The Morgan fingerprint density at radius 3 is 2.75 bits per heavy atom. The zero-order valence-corrected chi connectivity index (χ0v) is 9.09. The highest BCUT2D eigenvalue weighted by atomic mass is 79.9. The van der Waals surface area contributed by atoms with E-state index in [1.54, 1.807) is 12.3 Å². The van der Waals surface area contributed by atoms with E-state index in [1.165, 1.54) is 0 Å². The zero-order chi connectivity index (χ0) is 9.14. The number of aromatic nitrogens is 1. The number of pyridine rings is 1. The van der Waals surface area contributed by atoms with Crippen molar-refractivity contribution in [2.24, 2.45) is 0 Å². The predicted molar refractivity (Wildman–Crippen MR) is 51.0 cm³/mol. The van der Waals surface area contributed by atoms with Crippen molar-refractivity contribution >= 4 is 37.8 Å². The molecule has 0 aliphatic rings. The first-order valence-electron chi connectivity index (χ1n) is 3.12. The molecule has 1 heterocycles. The Bertz CT molecular complexity index is 294. The van der Waals surface area contributed by atoms with Crippen molar-refractivity contribution in [2.45, 2.75) is 6.42 Å². The highest BCUT2D eigenvalue weighted by Crippen LogP contribution is 2.23. The van der Waals surface area contributed by atoms with E-state index in [9.17, 15) is 4.79 Å². The lowest BCUT2D eigenvalue weighted by atomic mass is 10.2. The summed E-state index contributed by atoms with van der Waals surface area (Å²) in [6.07, 6.45) is 1.56. The van der Waals surface area contributed by atoms with Crippen molar-refractivity contribution in [3.05, 3.63) is 26.9 Å². The maximum absolute atomic E-state index is 10.4. The van der Waals surface area contributed by atoms with Crippen LogP contribution in [0.5, 0.6) is 0 Å². The van der Waals surface area contributed by atoms with Gasteiger partial charge in [-0.3, -0.25) is 4.79 Å². The van der Waals surface area contributed by atoms with Crippen LogP contribution in [0.1, 0.15) is 5.56 Å². The second-order valence-electron chi connectivity index (χ2n) is 2.13. The molecule has 1 aromatic heterocycles. The van der Waals surface area contributed by atoms with Gasteiger partial charge in [0.15, 0.2) is 0 Å². The van der Waals surface area contributed by atoms with Crippen LogP contribution in [0.25, 0.3) is 0 Å². The molecule has 0 aliphatic heterocycles. The average molecular weight is 295 g/mol. The fraction of sp³-hybridized carbons (Fsp3) is 0.143. The van der Waals surface area contributed by atoms with Gasteiger partial charge in [-0.25, -0.2) is 4.98 Å². The van der Waals surface area contributed by atoms with E-state index in [2.05, 4.69) is 36.8 Å². The lowest BCUT2D eigenvalue weighted by molar-refractivity contribution is -0.136. The van der Waals surface area contributed by atoms with Crippen LogP contribution < -0.4 is 0 Å². The Morgan fingerprint density at radius 1 is 1.58 bits per heavy atom. The van der Waals surface area contributed by atoms with Crippen LogP contribution in [0.3, 0.4) is 0 Å². The third kappa shape index (κ3) is 2.28. The molecule has 0 aliphatic carbocycles. The number of hydrogen-bond acceptors (Lipinski definition) is 2. The smallest absolute Gasteiger partial charge is 0.307 e. The van der Waals surface area contributed by atoms with Crippen LogP contribution in [0, 0.1) is 0 Å². The summed E-state index contributed by atoms with van der Waals surface area (Å²) in [5.74, 6) is -0.871. The summed E-state index contributed by atoms with van der Waals surface area (Å²) < 4.78 is 1.33. The Balaban J connectivity index is 3.04. The SMILES string of the molecule is O=C(O)Cc1c(Br)ccnc1Br. The van der Waals surface area contributed by atoms with E-state index in [-0.39, 0.29) is 6.42 Å². The molecule has 3 nitrogen and oxygen atoms in total. The highest BCUT2D eigenvalue weighted by molar-refractivity contribution is 9.11. The fourth-order valence-electron chi connectivity index (χ4n) is 0.754. The van der Waals surface area contributed by atoms with Gasteiger partial charge in [0.05, 0.1) is 6.42 Å². The first-order valence-corrected chi connectivity index (χ1v) is 4.70. The van der Waals surface area contributed by atoms with Crippen LogP contribution >= 0.6 is 31.9 Å². The van der Waals surface area contributed by atoms with Crippen molar-refractivity contribution in [1.82, 2.24) is 4.98 Å². The quantitative estimate of drug-likeness (QED) is 0.851. The van der Waals surface area contributed by atoms with Crippen molar-refractivity contribution in [3.8, 4) is 0 Å². The second-order valence-corrected chi connectivity index (χ2v) is 3.74. The van der Waals surface area contributed by atoms with E-state index in [1.807, 2.05) is 0 Å². The van der Waals surface area contributed by atoms with Gasteiger partial charge >= 0.3 is 5.97 Å². The summed E-state index contributed by atoms with van der Waals surface area (Å²) in [4.78, 5) is 14.3. The monoisotopic (exact) mass is 293 g/mol. The van der Waals surface area contributed by atoms with Gasteiger partial charge in [-0.05, 0) is 22.0 Å². The summed E-state index contributed by atoms with van der Waals surface area (Å²) in [6, 6.07) is 1.71. The molecule has 0 saturated carbocycles. The normalized spacial score (nSPS) is 9.83. The molecular weight excluding hydrogens is 290 g/mol. The van der Waals surface area contributed by atoms with Crippen LogP contribution in [0.4, 0.5) is 0 Å². The van der Waals surface area contributed by atoms with Crippen LogP contribution in [-0.2, 0) is 11.2 Å². The van der Waals surface area contributed by atoms with E-state index in [0.29, 0.717) is 10.2 Å². The maximum Gasteiger partial charge on any atom is 0.307 e. The standard InChI is InChI=1S/C7H5Br2NO2/c8-5-1-2-10-7(9)4(5)3-6(11)12/h1-2H,3H2,(H,11,12). The van der Waals surface area contributed by atoms with E-state index >= 15 is 0 Å². The molecule has 0 spiro atoms. The van der Waals surface area contributed by atoms with E-state index in [4.69, 9.17) is 5.11 Å². The summed E-state index contributed by atoms with van der Waals surface area (Å²) in [6.45, 7) is 0. The number of halogens is 2. The predicted octanol–water partition coefficient (Wildman–Crippen LogP) is 2.23. The molecular formula is C7H5Br2NO2. The van der Waals surface area contributed by atoms with Gasteiger partial charge < -0.3 is 5.11 Å². The third-order valence-electron chi connectivity index (χ3n) is 1.27. The number of carbonyl (C=O) groups is 1. The Morgan fingerprint density at radius 2 is 2.25 bits per heavy atom. The molecule has 0 bridgehead atoms. The van der Waals surface area contributed by atoms with E-state index in [0.717, 1.165) is 4.47 Å². The number of rotatable bonds is 2. The van der Waals surface area contributed by atoms with Gasteiger partial charge in [0.2, 0.25) is 0 Å². The summed E-state index contributed by atoms with van der Waals surface area (Å²) >= 11 is 6.41. The van der Waals surface area contributed by atoms with Gasteiger partial charge in [0.1, 0.15) is 4.60 Å². The number of aliphatic carboxylic acids is 1. The molecule has 0 amide bonds. The van der Waals surface area contributed by atoms with Crippen molar-refractivity contribution in [1.29, 1.82) is 0 Å². The topological polar surface area (TPSA) is 50.2 Å². The third-order valence-corrected chi connectivity index (χ3v) is 2.70. The molecule has 5 heteroatoms. The molecule has 0 aromatic carbocycles. The molecule has 1 aromatic rings. The first kappa shape index (κ1) is 9.67. The highest BCUT2D eigenvalue weighted by Gasteiger charge is 2.09. The first-order chi connectivity index (χ1) is 5.61. The van der Waals surface area contributed by atoms with E-state index < -0.39 is 5.97 Å². The van der Waals surface area contributed by atoms with Crippen LogP contribution in [0.15, 0.2) is 21.3 Å². The molecule has 64 valence electrons. The largest absolute Gasteiger partial charge is 0.481 e. The molecule has 0 radical (unpaired) electrons. The molecule has 0 atom stereocenters. The minimum Gasteiger partial charge on any atom is -0.481 e. The summed E-state index contributed by atoms with van der Waals surface area (Å²) in [5, 5.41) is 8.55. The van der Waals surface area contributed by atoms with Gasteiger partial charge in [-0.15, -0.1) is 0 Å². The molecule has 0 unspecified atom stereocenters. The van der Waals surface area contributed by atoms with Gasteiger partial charge in [0.25, 0.3) is 0 Å². The van der Waals surface area contributed by atoms with Crippen molar-refractivity contribution < 1.29 is 9.90 Å². The minimum atomic E-state index is -0.871. The molecule has 0 saturated heterocycles. The van der Waals surface area contributed by atoms with Crippen molar-refractivity contribution in [2.75, 3.05) is 0 Å². The second kappa shape index (κ2) is 4.00. The van der Waals surface area contributed by atoms with Crippen LogP contribution in [0.2, 0.25) is 0 Å². The van der Waals surface area contributed by atoms with Gasteiger partial charge in [-0.1, -0.05) is 15.9 Å². The Hall–Kier alpha value is -0.420. The number of carboxylic acid groups (broad SMARTS) is 1. The van der Waals surface area contributed by atoms with Gasteiger partial charge in [0, 0.05) is 16.2 Å². The molecule has 12 heavy (non-hydrogen) atoms. The average Bonchev–Trinajstić information content (AvgIpc) is 1.97. The van der Waals surface area contributed by atoms with Crippen LogP contribution in [-0.4, -0.2) is 16.1 Å². The van der Waals surface area contributed by atoms with Crippen molar-refractivity contribution in [3.63, 3.8) is 0 Å². The fourth-order valence-corrected chi connectivity index (χ4v) is 1.94. The molecule has 0 fully saturated rings. The molecule has 1 N–H and O–H groups in total. The lowest BCUT2D eigenvalue weighted by Gasteiger charge is -2.01. The lowest BCUT2D eigenvalue weighted by Crippen LogP contribution is -2.02. The minimum absolute atomic E-state index is 0.0327. The van der Waals surface area contributed by atoms with Gasteiger partial charge in [-0.2, -0.15) is 0 Å². The number of hydrogen-bond donors (Lipinski definition) is 1. The summed E-state index contributed by atoms with van der Waals surface area (Å²) in [7, 11) is 0. The summed E-state index contributed by atoms with van der Waals surface area (Å²) in [5.41, 5.74) is 0.657. The maximum atomic E-state index is 10.4. The Labute approximate surface area is 86.1 Å².